The predicted molar refractivity (Wildman–Crippen MR) is 175 cm³/mol. The molecule has 6 saturated heterocycles. The van der Waals surface area contributed by atoms with Gasteiger partial charge in [0.2, 0.25) is 18.4 Å². The van der Waals surface area contributed by atoms with Gasteiger partial charge in [-0.1, -0.05) is 91.0 Å². The Balaban J connectivity index is 0.000000114. The van der Waals surface area contributed by atoms with Crippen LogP contribution in [-0.4, -0.2) is 79.8 Å². The van der Waals surface area contributed by atoms with E-state index in [2.05, 4.69) is 24.3 Å². The van der Waals surface area contributed by atoms with Crippen LogP contribution in [0, 0.1) is 11.8 Å². The van der Waals surface area contributed by atoms with Crippen molar-refractivity contribution in [1.82, 2.24) is 0 Å². The molecule has 252 valence electrons. The Bertz CT molecular complexity index is 1550. The highest BCUT2D eigenvalue weighted by atomic mass is 16.7. The molecule has 6 fully saturated rings. The third kappa shape index (κ3) is 8.01. The number of ether oxygens (including phenoxy) is 6. The van der Waals surface area contributed by atoms with Gasteiger partial charge >= 0.3 is 0 Å². The third-order valence-electron chi connectivity index (χ3n) is 9.57. The van der Waals surface area contributed by atoms with Gasteiger partial charge in [-0.15, -0.1) is 0 Å². The summed E-state index contributed by atoms with van der Waals surface area (Å²) in [5, 5.41) is 10.1. The van der Waals surface area contributed by atoms with Gasteiger partial charge in [-0.05, 0) is 54.4 Å². The topological polar surface area (TPSA) is 110 Å². The molecule has 0 spiro atoms. The fraction of sp³-hybridized carbons (Fsp3) is 0.436. The number of benzene rings is 3. The number of rotatable bonds is 5. The summed E-state index contributed by atoms with van der Waals surface area (Å²) in [6.45, 7) is 1.73. The van der Waals surface area contributed by atoms with Crippen molar-refractivity contribution in [2.75, 3.05) is 19.8 Å². The van der Waals surface area contributed by atoms with E-state index in [4.69, 9.17) is 28.4 Å². The van der Waals surface area contributed by atoms with Gasteiger partial charge in [0.1, 0.15) is 6.10 Å². The molecule has 48 heavy (non-hydrogen) atoms. The molecule has 9 atom stereocenters. The molecule has 1 N–H and O–H groups in total. The molecule has 0 amide bonds. The van der Waals surface area contributed by atoms with Crippen molar-refractivity contribution in [3.8, 4) is 0 Å². The van der Waals surface area contributed by atoms with Crippen LogP contribution in [0.3, 0.4) is 0 Å². The summed E-state index contributed by atoms with van der Waals surface area (Å²) in [4.78, 5) is 23.8. The average molecular weight is 655 g/mol. The first-order valence-corrected chi connectivity index (χ1v) is 16.9. The third-order valence-corrected chi connectivity index (χ3v) is 9.57. The molecule has 9 heteroatoms. The molecule has 9 rings (SSSR count). The number of ketones is 2. The highest BCUT2D eigenvalue weighted by molar-refractivity contribution is 6.02. The van der Waals surface area contributed by atoms with E-state index >= 15 is 0 Å². The summed E-state index contributed by atoms with van der Waals surface area (Å²) in [5.74, 6) is 0.400. The van der Waals surface area contributed by atoms with Crippen LogP contribution in [0.1, 0.15) is 36.0 Å². The van der Waals surface area contributed by atoms with Gasteiger partial charge in [0, 0.05) is 17.9 Å². The van der Waals surface area contributed by atoms with E-state index < -0.39 is 25.0 Å². The molecule has 0 aromatic heterocycles. The molecule has 0 aliphatic carbocycles. The second-order valence-corrected chi connectivity index (χ2v) is 13.2. The Labute approximate surface area is 280 Å². The number of aliphatic hydroxyl groups is 1. The van der Waals surface area contributed by atoms with Gasteiger partial charge in [-0.3, -0.25) is 9.59 Å². The van der Waals surface area contributed by atoms with E-state index in [9.17, 15) is 14.7 Å². The number of aliphatic hydroxyl groups excluding tert-OH is 1. The molecule has 9 nitrogen and oxygen atoms in total. The van der Waals surface area contributed by atoms with E-state index in [1.54, 1.807) is 0 Å². The fourth-order valence-electron chi connectivity index (χ4n) is 7.09. The lowest BCUT2D eigenvalue weighted by Crippen LogP contribution is -2.41. The molecule has 3 aromatic carbocycles. The van der Waals surface area contributed by atoms with Crippen molar-refractivity contribution in [3.63, 3.8) is 0 Å². The van der Waals surface area contributed by atoms with Crippen molar-refractivity contribution < 1.29 is 43.1 Å². The number of Topliss-reactive ketones (excluding diaryl/α,β-unsaturated/α-hetero) is 2. The highest BCUT2D eigenvalue weighted by Crippen LogP contribution is 2.34. The second kappa shape index (κ2) is 15.3. The molecule has 0 unspecified atom stereocenters. The standard InChI is InChI=1S/C13H16O3.C13H14O3.C13H12O3/c3*14-12-10(6-9-4-2-1-3-5-9)7-11-8-15-13(12)16-11/h1-5,10-14H,6-8H2;1-5,10-11,13H,6-8H2;1-6,11,13H,7-8H2/b;;10-6+/t10-,11-,12-,13+;10-,11+,13-;11-,13+/m010/s1. The molecular weight excluding hydrogens is 612 g/mol. The predicted octanol–water partition coefficient (Wildman–Crippen LogP) is 4.70. The second-order valence-electron chi connectivity index (χ2n) is 13.2. The maximum absolute atomic E-state index is 11.9. The highest BCUT2D eigenvalue weighted by Gasteiger charge is 2.44. The first-order valence-electron chi connectivity index (χ1n) is 16.9. The number of carbonyl (C=O) groups excluding carboxylic acids is 2. The molecule has 0 radical (unpaired) electrons. The number of hydrogen-bond donors (Lipinski definition) is 1. The Hall–Kier alpha value is -3.54. The van der Waals surface area contributed by atoms with Gasteiger partial charge in [-0.25, -0.2) is 0 Å². The molecule has 6 aliphatic rings. The smallest absolute Gasteiger partial charge is 0.222 e. The van der Waals surface area contributed by atoms with Crippen molar-refractivity contribution in [2.45, 2.75) is 75.4 Å². The molecule has 6 bridgehead atoms. The monoisotopic (exact) mass is 654 g/mol. The normalized spacial score (nSPS) is 33.9. The summed E-state index contributed by atoms with van der Waals surface area (Å²) < 4.78 is 32.2. The Morgan fingerprint density at radius 1 is 0.646 bits per heavy atom. The zero-order valence-electron chi connectivity index (χ0n) is 26.8. The minimum atomic E-state index is -0.659. The molecule has 0 saturated carbocycles. The van der Waals surface area contributed by atoms with Gasteiger partial charge in [0.05, 0.1) is 38.1 Å². The van der Waals surface area contributed by atoms with Crippen LogP contribution in [0.2, 0.25) is 0 Å². The van der Waals surface area contributed by atoms with Crippen LogP contribution in [0.15, 0.2) is 96.6 Å². The fourth-order valence-corrected chi connectivity index (χ4v) is 7.09. The van der Waals surface area contributed by atoms with E-state index in [-0.39, 0.29) is 41.7 Å². The number of fused-ring (bicyclic) bond motifs is 6. The summed E-state index contributed by atoms with van der Waals surface area (Å²) in [6, 6.07) is 30.2. The average Bonchev–Trinajstić information content (AvgIpc) is 3.85. The van der Waals surface area contributed by atoms with Gasteiger partial charge in [-0.2, -0.15) is 0 Å². The van der Waals surface area contributed by atoms with Crippen molar-refractivity contribution in [2.24, 2.45) is 11.8 Å². The zero-order valence-corrected chi connectivity index (χ0v) is 26.8. The number of carbonyl (C=O) groups is 2. The van der Waals surface area contributed by atoms with Crippen molar-refractivity contribution in [1.29, 1.82) is 0 Å². The first kappa shape index (κ1) is 33.0. The Morgan fingerprint density at radius 3 is 1.96 bits per heavy atom. The van der Waals surface area contributed by atoms with Crippen LogP contribution in [0.5, 0.6) is 0 Å². The van der Waals surface area contributed by atoms with Gasteiger partial charge in [0.25, 0.3) is 0 Å². The first-order chi connectivity index (χ1) is 23.5. The van der Waals surface area contributed by atoms with Crippen LogP contribution >= 0.6 is 0 Å². The Kier molecular flexibility index (Phi) is 10.5. The van der Waals surface area contributed by atoms with Crippen molar-refractivity contribution >= 4 is 17.6 Å². The van der Waals surface area contributed by atoms with E-state index in [0.29, 0.717) is 26.2 Å². The molecule has 3 aromatic rings. The van der Waals surface area contributed by atoms with Crippen LogP contribution in [0.4, 0.5) is 0 Å². The van der Waals surface area contributed by atoms with E-state index in [1.165, 1.54) is 11.1 Å². The summed E-state index contributed by atoms with van der Waals surface area (Å²) in [7, 11) is 0. The van der Waals surface area contributed by atoms with Crippen LogP contribution in [0.25, 0.3) is 6.08 Å². The molecule has 6 aliphatic heterocycles. The maximum atomic E-state index is 11.9. The minimum absolute atomic E-state index is 0.0300. The van der Waals surface area contributed by atoms with E-state index in [0.717, 1.165) is 36.8 Å². The Morgan fingerprint density at radius 2 is 1.23 bits per heavy atom. The SMILES string of the molecule is O=C1/C(=C/c2ccccc2)C[C@H]2CO[C@@H]1O2.O=C1[C@H](Cc2ccccc2)C[C@H]2CO[C@@H]1O2.O[C@H]1[C@@H](Cc2ccccc2)C[C@H]2CO[C@@H]1O2. The van der Waals surface area contributed by atoms with Gasteiger partial charge < -0.3 is 33.5 Å². The van der Waals surface area contributed by atoms with Gasteiger partial charge in [0.15, 0.2) is 12.1 Å². The number of hydrogen-bond acceptors (Lipinski definition) is 9. The lowest BCUT2D eigenvalue weighted by Gasteiger charge is -2.31. The minimum Gasteiger partial charge on any atom is -0.388 e. The maximum Gasteiger partial charge on any atom is 0.222 e. The summed E-state index contributed by atoms with van der Waals surface area (Å²) in [5.41, 5.74) is 4.34. The lowest BCUT2D eigenvalue weighted by atomic mass is 9.87. The molecular formula is C39H42O9. The van der Waals surface area contributed by atoms with Crippen LogP contribution in [-0.2, 0) is 50.9 Å². The van der Waals surface area contributed by atoms with E-state index in [1.807, 2.05) is 72.8 Å². The summed E-state index contributed by atoms with van der Waals surface area (Å²) in [6.07, 6.45) is 4.21. The quantitative estimate of drug-likeness (QED) is 0.392. The van der Waals surface area contributed by atoms with Crippen molar-refractivity contribution in [3.05, 3.63) is 113 Å². The molecule has 6 heterocycles. The zero-order chi connectivity index (χ0) is 32.9. The van der Waals surface area contributed by atoms with Crippen LogP contribution < -0.4 is 0 Å². The largest absolute Gasteiger partial charge is 0.388 e. The lowest BCUT2D eigenvalue weighted by molar-refractivity contribution is -0.174. The summed E-state index contributed by atoms with van der Waals surface area (Å²) >= 11 is 0.